The maximum absolute atomic E-state index is 15.2. The Kier molecular flexibility index (Phi) is 5.26. The van der Waals surface area contributed by atoms with Gasteiger partial charge in [-0.15, -0.1) is 5.10 Å². The van der Waals surface area contributed by atoms with Crippen LogP contribution in [0.15, 0.2) is 96.5 Å². The summed E-state index contributed by atoms with van der Waals surface area (Å²) in [6.45, 7) is 2.10. The van der Waals surface area contributed by atoms with Crippen LogP contribution in [0, 0.1) is 18.3 Å². The molecule has 2 aliphatic rings. The fourth-order valence-electron chi connectivity index (χ4n) is 6.45. The minimum atomic E-state index is -1.70. The van der Waals surface area contributed by atoms with Gasteiger partial charge in [0.25, 0.3) is 0 Å². The Morgan fingerprint density at radius 2 is 1.64 bits per heavy atom. The van der Waals surface area contributed by atoms with Crippen LogP contribution in [-0.2, 0) is 16.8 Å². The van der Waals surface area contributed by atoms with E-state index in [4.69, 9.17) is 26.2 Å². The number of hydrogen-bond acceptors (Lipinski definition) is 9. The molecule has 0 radical (unpaired) electrons. The maximum atomic E-state index is 15.2. The van der Waals surface area contributed by atoms with Crippen LogP contribution in [0.4, 0.5) is 11.4 Å². The Morgan fingerprint density at radius 1 is 0.932 bits per heavy atom. The number of anilines is 2. The molecule has 212 valence electrons. The Balaban J connectivity index is 1.41. The van der Waals surface area contributed by atoms with E-state index in [1.54, 1.807) is 21.8 Å². The number of nitriles is 1. The van der Waals surface area contributed by atoms with Gasteiger partial charge < -0.3 is 21.1 Å². The summed E-state index contributed by atoms with van der Waals surface area (Å²) in [5.74, 6) is -0.422. The fourth-order valence-corrected chi connectivity index (χ4v) is 6.45. The van der Waals surface area contributed by atoms with Gasteiger partial charge in [0.1, 0.15) is 17.1 Å². The summed E-state index contributed by atoms with van der Waals surface area (Å²) in [5, 5.41) is 19.1. The zero-order chi connectivity index (χ0) is 30.2. The number of rotatable bonds is 3. The molecule has 8 rings (SSSR count). The van der Waals surface area contributed by atoms with E-state index < -0.39 is 11.3 Å². The molecule has 6 aromatic rings. The largest absolute Gasteiger partial charge is 0.438 e. The number of benzene rings is 4. The number of para-hydroxylation sites is 4. The number of carbonyl (C=O) groups excluding carboxylic acids is 1. The second-order valence-electron chi connectivity index (χ2n) is 10.8. The van der Waals surface area contributed by atoms with Gasteiger partial charge in [-0.05, 0) is 42.8 Å². The zero-order valence-corrected chi connectivity index (χ0v) is 23.4. The molecular weight excluding hydrogens is 554 g/mol. The Labute approximate surface area is 250 Å². The van der Waals surface area contributed by atoms with Crippen molar-refractivity contribution in [1.82, 2.24) is 25.0 Å². The van der Waals surface area contributed by atoms with Crippen molar-refractivity contribution in [2.75, 3.05) is 10.6 Å². The van der Waals surface area contributed by atoms with Crippen molar-refractivity contribution in [2.24, 2.45) is 5.73 Å². The first kappa shape index (κ1) is 25.4. The van der Waals surface area contributed by atoms with E-state index in [9.17, 15) is 5.26 Å². The third-order valence-electron chi connectivity index (χ3n) is 8.38. The van der Waals surface area contributed by atoms with Crippen molar-refractivity contribution >= 4 is 39.3 Å². The summed E-state index contributed by atoms with van der Waals surface area (Å²) >= 11 is 0. The monoisotopic (exact) mass is 577 g/mol. The number of aryl methyl sites for hydroxylation is 1. The van der Waals surface area contributed by atoms with Gasteiger partial charge in [0, 0.05) is 11.3 Å². The number of ether oxygens (including phenoxy) is 1. The molecule has 0 aliphatic carbocycles. The number of fused-ring (bicyclic) bond motifs is 7. The first-order chi connectivity index (χ1) is 21.4. The molecule has 1 atom stereocenters. The second kappa shape index (κ2) is 9.11. The molecule has 0 saturated heterocycles. The topological polar surface area (TPSA) is 162 Å². The van der Waals surface area contributed by atoms with Gasteiger partial charge in [-0.2, -0.15) is 5.26 Å². The predicted molar refractivity (Wildman–Crippen MR) is 163 cm³/mol. The highest BCUT2D eigenvalue weighted by Crippen LogP contribution is 2.58. The third-order valence-corrected chi connectivity index (χ3v) is 8.38. The van der Waals surface area contributed by atoms with Crippen molar-refractivity contribution in [3.63, 3.8) is 0 Å². The van der Waals surface area contributed by atoms with Crippen LogP contribution in [0.3, 0.4) is 0 Å². The molecule has 0 saturated carbocycles. The summed E-state index contributed by atoms with van der Waals surface area (Å²) in [6.07, 6.45) is 1.63. The second-order valence-corrected chi connectivity index (χ2v) is 10.8. The van der Waals surface area contributed by atoms with Crippen LogP contribution in [0.1, 0.15) is 22.4 Å². The van der Waals surface area contributed by atoms with Gasteiger partial charge in [0.2, 0.25) is 11.8 Å². The number of nitrogens with zero attached hydrogens (tertiary/aromatic N) is 7. The summed E-state index contributed by atoms with van der Waals surface area (Å²) in [5.41, 5.74) is 17.6. The van der Waals surface area contributed by atoms with Gasteiger partial charge in [0.15, 0.2) is 5.75 Å². The van der Waals surface area contributed by atoms with Gasteiger partial charge in [-0.3, -0.25) is 4.79 Å². The predicted octanol–water partition coefficient (Wildman–Crippen LogP) is 4.17. The quantitative estimate of drug-likeness (QED) is 0.232. The summed E-state index contributed by atoms with van der Waals surface area (Å²) in [6, 6.07) is 26.4. The van der Waals surface area contributed by atoms with Crippen molar-refractivity contribution in [1.29, 1.82) is 5.26 Å². The highest BCUT2D eigenvalue weighted by atomic mass is 16.5. The molecule has 4 heterocycles. The van der Waals surface area contributed by atoms with Crippen molar-refractivity contribution in [3.8, 4) is 17.5 Å². The number of carbonyl (C=O) groups is 1. The molecule has 11 nitrogen and oxygen atoms in total. The molecular formula is C33H23N9O2. The minimum absolute atomic E-state index is 0.0441. The van der Waals surface area contributed by atoms with Gasteiger partial charge in [-0.1, -0.05) is 53.7 Å². The van der Waals surface area contributed by atoms with Gasteiger partial charge in [0.05, 0.1) is 57.4 Å². The van der Waals surface area contributed by atoms with E-state index in [2.05, 4.69) is 16.4 Å². The molecule has 44 heavy (non-hydrogen) atoms. The molecule has 1 spiro atoms. The lowest BCUT2D eigenvalue weighted by atomic mass is 9.68. The van der Waals surface area contributed by atoms with Crippen LogP contribution in [0.25, 0.3) is 27.8 Å². The highest BCUT2D eigenvalue weighted by molar-refractivity contribution is 6.16. The summed E-state index contributed by atoms with van der Waals surface area (Å²) in [7, 11) is 0. The smallest absolute Gasteiger partial charge is 0.248 e. The molecule has 1 amide bonds. The lowest BCUT2D eigenvalue weighted by molar-refractivity contribution is -0.121. The maximum Gasteiger partial charge on any atom is 0.248 e. The molecule has 0 fully saturated rings. The summed E-state index contributed by atoms with van der Waals surface area (Å²) in [4.78, 5) is 26.6. The van der Waals surface area contributed by atoms with Gasteiger partial charge >= 0.3 is 0 Å². The molecule has 11 heteroatoms. The average molecular weight is 578 g/mol. The molecule has 0 bridgehead atoms. The number of nitrogen functional groups attached to an aromatic ring is 1. The zero-order valence-electron chi connectivity index (χ0n) is 23.4. The van der Waals surface area contributed by atoms with Gasteiger partial charge in [-0.25, -0.2) is 14.6 Å². The Bertz CT molecular complexity index is 2280. The van der Waals surface area contributed by atoms with E-state index in [1.165, 1.54) is 0 Å². The fraction of sp³-hybridized carbons (Fsp3) is 0.0909. The van der Waals surface area contributed by atoms with Crippen LogP contribution < -0.4 is 21.1 Å². The average Bonchev–Trinajstić information content (AvgIpc) is 3.58. The number of aromatic nitrogens is 5. The Morgan fingerprint density at radius 3 is 2.41 bits per heavy atom. The van der Waals surface area contributed by atoms with Crippen molar-refractivity contribution in [3.05, 3.63) is 119 Å². The van der Waals surface area contributed by atoms with E-state index in [0.717, 1.165) is 11.3 Å². The molecule has 2 aromatic heterocycles. The third kappa shape index (κ3) is 3.27. The first-order valence-electron chi connectivity index (χ1n) is 13.9. The van der Waals surface area contributed by atoms with E-state index in [1.807, 2.05) is 79.7 Å². The first-order valence-corrected chi connectivity index (χ1v) is 13.9. The van der Waals surface area contributed by atoms with Crippen molar-refractivity contribution in [2.45, 2.75) is 18.9 Å². The van der Waals surface area contributed by atoms with E-state index in [-0.39, 0.29) is 29.4 Å². The van der Waals surface area contributed by atoms with Crippen LogP contribution in [0.2, 0.25) is 0 Å². The van der Waals surface area contributed by atoms with Crippen LogP contribution in [0.5, 0.6) is 5.75 Å². The molecule has 4 N–H and O–H groups in total. The number of amides is 1. The normalized spacial score (nSPS) is 17.2. The Hall–Kier alpha value is -6.28. The molecule has 4 aromatic carbocycles. The standard InChI is InChI=1S/C33H23N9O2/c1-18-8-2-6-12-26(18)42-19(16-37-40-42)17-41-27-13-7-3-9-20(27)33(32(41)43)21(15-34)31(36)44-30-22(35)14-25-29(28(30)33)39-24-11-5-4-10-23(24)38-25/h2-14,16H,17,35-36H2,1H3. The van der Waals surface area contributed by atoms with Crippen LogP contribution >= 0.6 is 0 Å². The number of nitrogens with two attached hydrogens (primary N) is 2. The lowest BCUT2D eigenvalue weighted by Gasteiger charge is -2.35. The van der Waals surface area contributed by atoms with E-state index in [0.29, 0.717) is 44.6 Å². The summed E-state index contributed by atoms with van der Waals surface area (Å²) < 4.78 is 7.73. The SMILES string of the molecule is Cc1ccccc1-n1nncc1CN1C(=O)C2(C(C#N)=C(N)Oc3c(N)cc4nc5ccccc5nc4c32)c2ccccc21. The van der Waals surface area contributed by atoms with E-state index >= 15 is 4.79 Å². The van der Waals surface area contributed by atoms with Crippen molar-refractivity contribution < 1.29 is 9.53 Å². The number of hydrogen-bond donors (Lipinski definition) is 2. The van der Waals surface area contributed by atoms with Crippen LogP contribution in [-0.4, -0.2) is 30.9 Å². The lowest BCUT2D eigenvalue weighted by Crippen LogP contribution is -2.46. The molecule has 1 unspecified atom stereocenters. The molecule has 2 aliphatic heterocycles. The highest BCUT2D eigenvalue weighted by Gasteiger charge is 2.60. The minimum Gasteiger partial charge on any atom is -0.438 e.